The lowest BCUT2D eigenvalue weighted by atomic mass is 10.1. The van der Waals surface area contributed by atoms with Crippen molar-refractivity contribution < 1.29 is 19.1 Å². The molecule has 140 valence electrons. The van der Waals surface area contributed by atoms with Gasteiger partial charge in [-0.05, 0) is 31.4 Å². The van der Waals surface area contributed by atoms with Crippen LogP contribution in [0.5, 0.6) is 11.5 Å². The van der Waals surface area contributed by atoms with Gasteiger partial charge in [0.05, 0.1) is 19.9 Å². The minimum atomic E-state index is -0.462. The van der Waals surface area contributed by atoms with Crippen molar-refractivity contribution in [2.45, 2.75) is 30.9 Å². The number of hydrogen-bond donors (Lipinski definition) is 1. The molecule has 2 amide bonds. The van der Waals surface area contributed by atoms with Crippen molar-refractivity contribution in [3.63, 3.8) is 0 Å². The largest absolute Gasteiger partial charge is 0.497 e. The van der Waals surface area contributed by atoms with Crippen molar-refractivity contribution in [1.29, 1.82) is 0 Å². The Morgan fingerprint density at radius 1 is 1.27 bits per heavy atom. The van der Waals surface area contributed by atoms with Crippen molar-refractivity contribution in [1.82, 2.24) is 4.90 Å². The molecule has 1 fully saturated rings. The standard InChI is InChI=1S/C18H23N3O4S/c1-24-12-6-7-13(14(10-12)25-2)19-16(22)11-15-17(23)20-18(26-15)21-8-4-3-5-9-21/h6-7,10,15H,3-5,8-9,11H2,1-2H3,(H,19,22). The minimum Gasteiger partial charge on any atom is -0.497 e. The number of nitrogens with one attached hydrogen (secondary N) is 1. The molecule has 1 aromatic carbocycles. The molecule has 1 N–H and O–H groups in total. The summed E-state index contributed by atoms with van der Waals surface area (Å²) < 4.78 is 10.4. The second-order valence-corrected chi connectivity index (χ2v) is 7.38. The van der Waals surface area contributed by atoms with E-state index in [1.54, 1.807) is 25.3 Å². The number of aliphatic imine (C=N–C) groups is 1. The molecule has 26 heavy (non-hydrogen) atoms. The van der Waals surface area contributed by atoms with Crippen LogP contribution < -0.4 is 14.8 Å². The molecule has 8 heteroatoms. The predicted molar refractivity (Wildman–Crippen MR) is 102 cm³/mol. The summed E-state index contributed by atoms with van der Waals surface area (Å²) in [6.07, 6.45) is 3.55. The summed E-state index contributed by atoms with van der Waals surface area (Å²) in [4.78, 5) is 30.9. The summed E-state index contributed by atoms with van der Waals surface area (Å²) in [5.41, 5.74) is 0.547. The Bertz CT molecular complexity index is 716. The van der Waals surface area contributed by atoms with Crippen molar-refractivity contribution in [3.05, 3.63) is 18.2 Å². The van der Waals surface area contributed by atoms with Crippen LogP contribution in [0.1, 0.15) is 25.7 Å². The van der Waals surface area contributed by atoms with Crippen LogP contribution >= 0.6 is 11.8 Å². The molecule has 1 aromatic rings. The number of hydrogen-bond acceptors (Lipinski definition) is 6. The van der Waals surface area contributed by atoms with Gasteiger partial charge in [-0.2, -0.15) is 4.99 Å². The summed E-state index contributed by atoms with van der Waals surface area (Å²) >= 11 is 1.39. The molecule has 1 unspecified atom stereocenters. The average Bonchev–Trinajstić information content (AvgIpc) is 3.03. The zero-order valence-corrected chi connectivity index (χ0v) is 15.8. The van der Waals surface area contributed by atoms with Gasteiger partial charge in [-0.1, -0.05) is 11.8 Å². The van der Waals surface area contributed by atoms with Gasteiger partial charge in [-0.3, -0.25) is 9.59 Å². The van der Waals surface area contributed by atoms with E-state index in [0.29, 0.717) is 17.2 Å². The molecule has 2 heterocycles. The van der Waals surface area contributed by atoms with Crippen LogP contribution in [0.25, 0.3) is 0 Å². The highest BCUT2D eigenvalue weighted by molar-refractivity contribution is 8.15. The number of likely N-dealkylation sites (tertiary alicyclic amines) is 1. The summed E-state index contributed by atoms with van der Waals surface area (Å²) in [5, 5.41) is 3.10. The smallest absolute Gasteiger partial charge is 0.262 e. The number of carbonyl (C=O) groups excluding carboxylic acids is 2. The van der Waals surface area contributed by atoms with Crippen LogP contribution in [0.15, 0.2) is 23.2 Å². The first-order valence-electron chi connectivity index (χ1n) is 8.66. The van der Waals surface area contributed by atoms with Gasteiger partial charge in [0.15, 0.2) is 5.17 Å². The van der Waals surface area contributed by atoms with Gasteiger partial charge in [0.25, 0.3) is 5.91 Å². The number of thioether (sulfide) groups is 1. The zero-order valence-electron chi connectivity index (χ0n) is 15.0. The van der Waals surface area contributed by atoms with Gasteiger partial charge < -0.3 is 19.7 Å². The third-order valence-corrected chi connectivity index (χ3v) is 5.62. The number of amides is 2. The van der Waals surface area contributed by atoms with E-state index in [-0.39, 0.29) is 18.2 Å². The van der Waals surface area contributed by atoms with Crippen molar-refractivity contribution in [2.24, 2.45) is 4.99 Å². The summed E-state index contributed by atoms with van der Waals surface area (Å²) in [5.74, 6) is 0.677. The van der Waals surface area contributed by atoms with Gasteiger partial charge in [-0.25, -0.2) is 0 Å². The fraction of sp³-hybridized carbons (Fsp3) is 0.500. The molecule has 2 aliphatic rings. The van der Waals surface area contributed by atoms with E-state index < -0.39 is 5.25 Å². The van der Waals surface area contributed by atoms with E-state index in [9.17, 15) is 9.59 Å². The monoisotopic (exact) mass is 377 g/mol. The third kappa shape index (κ3) is 4.30. The third-order valence-electron chi connectivity index (χ3n) is 4.41. The lowest BCUT2D eigenvalue weighted by molar-refractivity contribution is -0.121. The lowest BCUT2D eigenvalue weighted by Crippen LogP contribution is -2.33. The topological polar surface area (TPSA) is 80.2 Å². The van der Waals surface area contributed by atoms with Crippen molar-refractivity contribution in [3.8, 4) is 11.5 Å². The highest BCUT2D eigenvalue weighted by Crippen LogP contribution is 2.31. The number of benzene rings is 1. The Balaban J connectivity index is 1.58. The van der Waals surface area contributed by atoms with E-state index >= 15 is 0 Å². The predicted octanol–water partition coefficient (Wildman–Crippen LogP) is 2.52. The van der Waals surface area contributed by atoms with E-state index in [1.165, 1.54) is 25.3 Å². The first-order chi connectivity index (χ1) is 12.6. The molecule has 0 aliphatic carbocycles. The fourth-order valence-electron chi connectivity index (χ4n) is 3.00. The van der Waals surface area contributed by atoms with Crippen LogP contribution in [0, 0.1) is 0 Å². The van der Waals surface area contributed by atoms with Crippen LogP contribution in [0.4, 0.5) is 5.69 Å². The molecule has 0 saturated carbocycles. The Morgan fingerprint density at radius 3 is 2.73 bits per heavy atom. The number of ether oxygens (including phenoxy) is 2. The first kappa shape index (κ1) is 18.6. The molecule has 2 aliphatic heterocycles. The molecular formula is C18H23N3O4S. The molecule has 0 bridgehead atoms. The number of carbonyl (C=O) groups is 2. The van der Waals surface area contributed by atoms with E-state index in [4.69, 9.17) is 9.47 Å². The maximum atomic E-state index is 12.4. The highest BCUT2D eigenvalue weighted by atomic mass is 32.2. The van der Waals surface area contributed by atoms with Crippen LogP contribution in [-0.4, -0.2) is 54.4 Å². The Morgan fingerprint density at radius 2 is 2.04 bits per heavy atom. The quantitative estimate of drug-likeness (QED) is 0.849. The van der Waals surface area contributed by atoms with E-state index in [0.717, 1.165) is 31.1 Å². The van der Waals surface area contributed by atoms with Gasteiger partial charge in [0.1, 0.15) is 16.7 Å². The average molecular weight is 377 g/mol. The molecule has 0 spiro atoms. The number of rotatable bonds is 5. The second kappa shape index (κ2) is 8.44. The van der Waals surface area contributed by atoms with Crippen LogP contribution in [0.3, 0.4) is 0 Å². The van der Waals surface area contributed by atoms with Gasteiger partial charge in [0.2, 0.25) is 5.91 Å². The van der Waals surface area contributed by atoms with Crippen LogP contribution in [-0.2, 0) is 9.59 Å². The Kier molecular flexibility index (Phi) is 6.03. The molecule has 0 aromatic heterocycles. The first-order valence-corrected chi connectivity index (χ1v) is 9.54. The zero-order chi connectivity index (χ0) is 18.5. The Hall–Kier alpha value is -2.22. The minimum absolute atomic E-state index is 0.0829. The van der Waals surface area contributed by atoms with Gasteiger partial charge in [0, 0.05) is 25.6 Å². The molecule has 1 saturated heterocycles. The molecule has 1 atom stereocenters. The van der Waals surface area contributed by atoms with Crippen LogP contribution in [0.2, 0.25) is 0 Å². The van der Waals surface area contributed by atoms with Crippen molar-refractivity contribution in [2.75, 3.05) is 32.6 Å². The summed E-state index contributed by atoms with van der Waals surface area (Å²) in [7, 11) is 3.09. The normalized spacial score (nSPS) is 19.9. The molecular weight excluding hydrogens is 354 g/mol. The second-order valence-electron chi connectivity index (χ2n) is 6.21. The van der Waals surface area contributed by atoms with Crippen molar-refractivity contribution >= 4 is 34.4 Å². The SMILES string of the molecule is COc1ccc(NC(=O)CC2SC(N3CCCCC3)=NC2=O)c(OC)c1. The maximum absolute atomic E-state index is 12.4. The van der Waals surface area contributed by atoms with Gasteiger partial charge in [-0.15, -0.1) is 0 Å². The fourth-order valence-corrected chi connectivity index (χ4v) is 4.12. The summed E-state index contributed by atoms with van der Waals surface area (Å²) in [6, 6.07) is 5.16. The maximum Gasteiger partial charge on any atom is 0.262 e. The molecule has 3 rings (SSSR count). The number of anilines is 1. The molecule has 0 radical (unpaired) electrons. The van der Waals surface area contributed by atoms with E-state index in [1.807, 2.05) is 0 Å². The number of methoxy groups -OCH3 is 2. The Labute approximate surface area is 157 Å². The number of amidine groups is 1. The number of nitrogens with zero attached hydrogens (tertiary/aromatic N) is 2. The molecule has 7 nitrogen and oxygen atoms in total. The summed E-state index contributed by atoms with van der Waals surface area (Å²) in [6.45, 7) is 1.86. The highest BCUT2D eigenvalue weighted by Gasteiger charge is 2.33. The van der Waals surface area contributed by atoms with Gasteiger partial charge >= 0.3 is 0 Å². The van der Waals surface area contributed by atoms with E-state index in [2.05, 4.69) is 15.2 Å². The number of piperidine rings is 1. The lowest BCUT2D eigenvalue weighted by Gasteiger charge is -2.27.